The molecular formula is C29H31Cl4N3O4S. The molecular weight excluding hydrogens is 628 g/mol. The lowest BCUT2D eigenvalue weighted by atomic mass is 10.1. The zero-order chi connectivity index (χ0) is 30.5. The van der Waals surface area contributed by atoms with E-state index < -0.39 is 28.5 Å². The Morgan fingerprint density at radius 3 is 2.10 bits per heavy atom. The van der Waals surface area contributed by atoms with Crippen molar-refractivity contribution in [1.82, 2.24) is 10.2 Å². The lowest BCUT2D eigenvalue weighted by Gasteiger charge is -2.33. The van der Waals surface area contributed by atoms with Crippen LogP contribution in [0.5, 0.6) is 0 Å². The molecule has 1 unspecified atom stereocenters. The Balaban J connectivity index is 2.12. The van der Waals surface area contributed by atoms with Crippen molar-refractivity contribution >= 4 is 73.9 Å². The van der Waals surface area contributed by atoms with Crippen LogP contribution in [0.2, 0.25) is 20.1 Å². The number of carbonyl (C=O) groups is 2. The van der Waals surface area contributed by atoms with Gasteiger partial charge in [-0.2, -0.15) is 0 Å². The molecule has 0 aliphatic heterocycles. The highest BCUT2D eigenvalue weighted by Gasteiger charge is 2.34. The van der Waals surface area contributed by atoms with Crippen LogP contribution in [-0.2, 0) is 26.2 Å². The SMILES string of the molecule is CCC(C(=O)NC(C)C)N(Cc1ccc(Cl)c(Cl)c1)C(=O)CN(c1cc(Cl)ccc1Cl)S(=O)(=O)c1ccc(C)cc1. The minimum Gasteiger partial charge on any atom is -0.352 e. The van der Waals surface area contributed by atoms with E-state index in [-0.39, 0.29) is 50.6 Å². The molecule has 0 heterocycles. The number of halogens is 4. The molecule has 41 heavy (non-hydrogen) atoms. The molecule has 0 bridgehead atoms. The summed E-state index contributed by atoms with van der Waals surface area (Å²) in [6.45, 7) is 6.55. The van der Waals surface area contributed by atoms with Gasteiger partial charge in [0.05, 0.1) is 25.7 Å². The molecule has 0 aliphatic carbocycles. The van der Waals surface area contributed by atoms with Gasteiger partial charge in [-0.3, -0.25) is 13.9 Å². The second-order valence-electron chi connectivity index (χ2n) is 9.78. The molecule has 1 atom stereocenters. The molecule has 1 N–H and O–H groups in total. The summed E-state index contributed by atoms with van der Waals surface area (Å²) in [5.41, 5.74) is 1.50. The Labute approximate surface area is 261 Å². The Kier molecular flexibility index (Phi) is 11.4. The van der Waals surface area contributed by atoms with E-state index in [4.69, 9.17) is 46.4 Å². The number of rotatable bonds is 11. The zero-order valence-corrected chi connectivity index (χ0v) is 26.8. The van der Waals surface area contributed by atoms with Crippen molar-refractivity contribution in [3.8, 4) is 0 Å². The Morgan fingerprint density at radius 2 is 1.51 bits per heavy atom. The number of aryl methyl sites for hydroxylation is 1. The van der Waals surface area contributed by atoms with E-state index in [0.29, 0.717) is 10.6 Å². The van der Waals surface area contributed by atoms with Gasteiger partial charge in [-0.15, -0.1) is 0 Å². The maximum atomic E-state index is 14.1. The summed E-state index contributed by atoms with van der Waals surface area (Å²) >= 11 is 25.0. The number of nitrogens with one attached hydrogen (secondary N) is 1. The predicted octanol–water partition coefficient (Wildman–Crippen LogP) is 7.14. The van der Waals surface area contributed by atoms with Gasteiger partial charge in [0.1, 0.15) is 12.6 Å². The van der Waals surface area contributed by atoms with Crippen LogP contribution in [-0.4, -0.2) is 43.8 Å². The van der Waals surface area contributed by atoms with Gasteiger partial charge in [-0.05, 0) is 75.2 Å². The van der Waals surface area contributed by atoms with Crippen molar-refractivity contribution in [3.63, 3.8) is 0 Å². The number of sulfonamides is 1. The summed E-state index contributed by atoms with van der Waals surface area (Å²) in [6.07, 6.45) is 0.272. The van der Waals surface area contributed by atoms with Gasteiger partial charge in [-0.1, -0.05) is 77.1 Å². The minimum atomic E-state index is -4.29. The van der Waals surface area contributed by atoms with Crippen molar-refractivity contribution in [2.75, 3.05) is 10.8 Å². The van der Waals surface area contributed by atoms with E-state index in [1.165, 1.54) is 35.2 Å². The van der Waals surface area contributed by atoms with Crippen LogP contribution >= 0.6 is 46.4 Å². The molecule has 3 aromatic carbocycles. The fraction of sp³-hybridized carbons (Fsp3) is 0.310. The van der Waals surface area contributed by atoms with Crippen LogP contribution in [0.1, 0.15) is 38.3 Å². The first-order valence-corrected chi connectivity index (χ1v) is 15.8. The first-order valence-electron chi connectivity index (χ1n) is 12.8. The van der Waals surface area contributed by atoms with E-state index in [9.17, 15) is 18.0 Å². The minimum absolute atomic E-state index is 0.0263. The number of nitrogens with zero attached hydrogens (tertiary/aromatic N) is 2. The van der Waals surface area contributed by atoms with E-state index in [0.717, 1.165) is 9.87 Å². The summed E-state index contributed by atoms with van der Waals surface area (Å²) in [7, 11) is -4.29. The van der Waals surface area contributed by atoms with Crippen LogP contribution in [0, 0.1) is 6.92 Å². The summed E-state index contributed by atoms with van der Waals surface area (Å²) in [6, 6.07) is 14.4. The molecule has 0 saturated carbocycles. The average molecular weight is 659 g/mol. The molecule has 3 rings (SSSR count). The van der Waals surface area contributed by atoms with Gasteiger partial charge in [0.15, 0.2) is 0 Å². The second kappa shape index (κ2) is 14.1. The van der Waals surface area contributed by atoms with Gasteiger partial charge >= 0.3 is 0 Å². The van der Waals surface area contributed by atoms with Crippen molar-refractivity contribution in [2.24, 2.45) is 0 Å². The fourth-order valence-corrected chi connectivity index (χ4v) is 6.34. The third-order valence-electron chi connectivity index (χ3n) is 6.22. The zero-order valence-electron chi connectivity index (χ0n) is 23.0. The van der Waals surface area contributed by atoms with Crippen molar-refractivity contribution in [2.45, 2.75) is 57.6 Å². The Hall–Kier alpha value is -2.49. The standard InChI is InChI=1S/C29H31Cl4N3O4S/c1-5-26(29(38)34-18(2)3)35(16-20-8-12-23(31)25(33)14-20)28(37)17-36(27-15-21(30)9-13-24(27)32)41(39,40)22-10-6-19(4)7-11-22/h6-15,18,26H,5,16-17H2,1-4H3,(H,34,38). The maximum absolute atomic E-state index is 14.1. The van der Waals surface area contributed by atoms with E-state index in [1.54, 1.807) is 37.3 Å². The number of anilines is 1. The second-order valence-corrected chi connectivity index (χ2v) is 13.3. The molecule has 0 aliphatic rings. The number of benzene rings is 3. The molecule has 220 valence electrons. The molecule has 0 saturated heterocycles. The lowest BCUT2D eigenvalue weighted by Crippen LogP contribution is -2.53. The monoisotopic (exact) mass is 657 g/mol. The van der Waals surface area contributed by atoms with Crippen LogP contribution in [0.3, 0.4) is 0 Å². The summed E-state index contributed by atoms with van der Waals surface area (Å²) in [5.74, 6) is -1.00. The fourth-order valence-electron chi connectivity index (χ4n) is 4.16. The molecule has 12 heteroatoms. The van der Waals surface area contributed by atoms with Crippen molar-refractivity contribution in [1.29, 1.82) is 0 Å². The molecule has 0 aromatic heterocycles. The van der Waals surface area contributed by atoms with Gasteiger partial charge in [0.2, 0.25) is 11.8 Å². The van der Waals surface area contributed by atoms with Gasteiger partial charge in [-0.25, -0.2) is 8.42 Å². The summed E-state index contributed by atoms with van der Waals surface area (Å²) in [4.78, 5) is 28.6. The summed E-state index contributed by atoms with van der Waals surface area (Å²) < 4.78 is 28.9. The predicted molar refractivity (Wildman–Crippen MR) is 167 cm³/mol. The summed E-state index contributed by atoms with van der Waals surface area (Å²) in [5, 5.41) is 3.78. The highest BCUT2D eigenvalue weighted by molar-refractivity contribution is 7.92. The van der Waals surface area contributed by atoms with Crippen LogP contribution in [0.4, 0.5) is 5.69 Å². The highest BCUT2D eigenvalue weighted by atomic mass is 35.5. The van der Waals surface area contributed by atoms with E-state index in [2.05, 4.69) is 5.32 Å². The molecule has 0 radical (unpaired) electrons. The highest BCUT2D eigenvalue weighted by Crippen LogP contribution is 2.33. The normalized spacial score (nSPS) is 12.2. The maximum Gasteiger partial charge on any atom is 0.264 e. The first-order chi connectivity index (χ1) is 19.2. The van der Waals surface area contributed by atoms with Gasteiger partial charge < -0.3 is 10.2 Å². The van der Waals surface area contributed by atoms with Gasteiger partial charge in [0.25, 0.3) is 10.0 Å². The molecule has 0 spiro atoms. The Morgan fingerprint density at radius 1 is 0.878 bits per heavy atom. The quantitative estimate of drug-likeness (QED) is 0.237. The molecule has 0 fully saturated rings. The van der Waals surface area contributed by atoms with Crippen molar-refractivity contribution < 1.29 is 18.0 Å². The molecule has 3 aromatic rings. The van der Waals surface area contributed by atoms with Crippen LogP contribution < -0.4 is 9.62 Å². The third-order valence-corrected chi connectivity index (χ3v) is 9.29. The molecule has 7 nitrogen and oxygen atoms in total. The number of hydrogen-bond donors (Lipinski definition) is 1. The smallest absolute Gasteiger partial charge is 0.264 e. The number of hydrogen-bond acceptors (Lipinski definition) is 4. The largest absolute Gasteiger partial charge is 0.352 e. The van der Waals surface area contributed by atoms with E-state index in [1.807, 2.05) is 20.8 Å². The van der Waals surface area contributed by atoms with Crippen molar-refractivity contribution in [3.05, 3.63) is 91.9 Å². The number of amides is 2. The van der Waals surface area contributed by atoms with Gasteiger partial charge in [0, 0.05) is 17.6 Å². The number of carbonyl (C=O) groups excluding carboxylic acids is 2. The molecule has 2 amide bonds. The lowest BCUT2D eigenvalue weighted by molar-refractivity contribution is -0.140. The average Bonchev–Trinajstić information content (AvgIpc) is 2.90. The first kappa shape index (κ1) is 33.0. The Bertz CT molecular complexity index is 1510. The van der Waals surface area contributed by atoms with Crippen LogP contribution in [0.15, 0.2) is 65.6 Å². The van der Waals surface area contributed by atoms with Crippen LogP contribution in [0.25, 0.3) is 0 Å². The third kappa shape index (κ3) is 8.30. The van der Waals surface area contributed by atoms with E-state index >= 15 is 0 Å². The topological polar surface area (TPSA) is 86.8 Å².